The van der Waals surface area contributed by atoms with E-state index >= 15 is 0 Å². The molecule has 1 aromatic rings. The Morgan fingerprint density at radius 3 is 2.63 bits per heavy atom. The Balaban J connectivity index is 2.37. The van der Waals surface area contributed by atoms with Crippen LogP contribution in [0.3, 0.4) is 0 Å². The van der Waals surface area contributed by atoms with E-state index in [0.717, 1.165) is 12.5 Å². The van der Waals surface area contributed by atoms with Crippen LogP contribution in [0.25, 0.3) is 0 Å². The third kappa shape index (κ3) is 2.88. The van der Waals surface area contributed by atoms with E-state index in [0.29, 0.717) is 13.1 Å². The van der Waals surface area contributed by atoms with Crippen molar-refractivity contribution in [2.24, 2.45) is 0 Å². The first-order valence-corrected chi connectivity index (χ1v) is 6.34. The van der Waals surface area contributed by atoms with E-state index in [9.17, 15) is 14.9 Å². The minimum atomic E-state index is -0.652. The predicted molar refractivity (Wildman–Crippen MR) is 72.8 cm³/mol. The molecule has 1 aliphatic rings. The molecule has 0 spiro atoms. The molecule has 19 heavy (non-hydrogen) atoms. The maximum atomic E-state index is 12.2. The minimum absolute atomic E-state index is 0.00627. The third-order valence-electron chi connectivity index (χ3n) is 2.80. The van der Waals surface area contributed by atoms with Gasteiger partial charge in [0.25, 0.3) is 11.6 Å². The number of amides is 1. The van der Waals surface area contributed by atoms with Gasteiger partial charge in [-0.15, -0.1) is 0 Å². The van der Waals surface area contributed by atoms with Crippen LogP contribution in [0.1, 0.15) is 16.8 Å². The lowest BCUT2D eigenvalue weighted by atomic mass is 10.1. The normalized spacial score (nSPS) is 14.5. The Bertz CT molecular complexity index is 572. The highest BCUT2D eigenvalue weighted by Gasteiger charge is 2.23. The van der Waals surface area contributed by atoms with Gasteiger partial charge in [-0.1, -0.05) is 35.4 Å². The summed E-state index contributed by atoms with van der Waals surface area (Å²) >= 11 is 11.6. The zero-order chi connectivity index (χ0) is 14.0. The number of rotatable bonds is 2. The molecule has 1 heterocycles. The van der Waals surface area contributed by atoms with Crippen LogP contribution in [0, 0.1) is 10.1 Å². The lowest BCUT2D eigenvalue weighted by Gasteiger charge is -2.23. The van der Waals surface area contributed by atoms with Crippen molar-refractivity contribution in [2.45, 2.75) is 6.42 Å². The molecular weight excluding hydrogens is 291 g/mol. The van der Waals surface area contributed by atoms with E-state index in [2.05, 4.69) is 0 Å². The summed E-state index contributed by atoms with van der Waals surface area (Å²) in [5.41, 5.74) is -0.179. The van der Waals surface area contributed by atoms with E-state index in [-0.39, 0.29) is 27.2 Å². The van der Waals surface area contributed by atoms with Gasteiger partial charge in [0.2, 0.25) is 0 Å². The number of halogens is 2. The number of nitro benzene ring substituents is 1. The monoisotopic (exact) mass is 300 g/mol. The molecule has 0 radical (unpaired) electrons. The Morgan fingerprint density at radius 2 is 2.05 bits per heavy atom. The number of carbonyl (C=O) groups is 1. The lowest BCUT2D eigenvalue weighted by molar-refractivity contribution is -0.384. The summed E-state index contributed by atoms with van der Waals surface area (Å²) < 4.78 is 0. The fourth-order valence-corrected chi connectivity index (χ4v) is 2.23. The highest BCUT2D eigenvalue weighted by Crippen LogP contribution is 2.33. The summed E-state index contributed by atoms with van der Waals surface area (Å²) in [5, 5.41) is 10.7. The summed E-state index contributed by atoms with van der Waals surface area (Å²) in [4.78, 5) is 24.0. The smallest absolute Gasteiger partial charge is 0.290 e. The van der Waals surface area contributed by atoms with Crippen molar-refractivity contribution in [1.29, 1.82) is 0 Å². The Labute approximate surface area is 119 Å². The molecule has 1 aliphatic heterocycles. The van der Waals surface area contributed by atoms with Gasteiger partial charge in [0, 0.05) is 24.7 Å². The Hall–Kier alpha value is -1.59. The highest BCUT2D eigenvalue weighted by atomic mass is 35.5. The minimum Gasteiger partial charge on any atom is -0.335 e. The van der Waals surface area contributed by atoms with Gasteiger partial charge in [0.1, 0.15) is 5.02 Å². The van der Waals surface area contributed by atoms with Gasteiger partial charge >= 0.3 is 0 Å². The second-order valence-corrected chi connectivity index (χ2v) is 4.84. The van der Waals surface area contributed by atoms with Crippen molar-refractivity contribution in [2.75, 3.05) is 13.1 Å². The number of benzene rings is 1. The largest absolute Gasteiger partial charge is 0.335 e. The molecule has 7 heteroatoms. The van der Waals surface area contributed by atoms with Crippen LogP contribution in [0.4, 0.5) is 5.69 Å². The number of hydrogen-bond donors (Lipinski definition) is 0. The predicted octanol–water partition coefficient (Wildman–Crippen LogP) is 3.30. The van der Waals surface area contributed by atoms with Crippen LogP contribution in [-0.4, -0.2) is 28.8 Å². The van der Waals surface area contributed by atoms with Gasteiger partial charge in [-0.3, -0.25) is 14.9 Å². The molecule has 0 fully saturated rings. The Morgan fingerprint density at radius 1 is 1.32 bits per heavy atom. The molecule has 0 unspecified atom stereocenters. The third-order valence-corrected chi connectivity index (χ3v) is 3.59. The van der Waals surface area contributed by atoms with E-state index in [1.807, 2.05) is 12.2 Å². The SMILES string of the molecule is O=C(c1cc(Cl)c(Cl)c([N+](=O)[O-])c1)N1CC=CCC1. The molecule has 0 saturated heterocycles. The topological polar surface area (TPSA) is 63.4 Å². The summed E-state index contributed by atoms with van der Waals surface area (Å²) in [6.07, 6.45) is 4.64. The second kappa shape index (κ2) is 5.59. The van der Waals surface area contributed by atoms with Crippen LogP contribution in [0.2, 0.25) is 10.0 Å². The van der Waals surface area contributed by atoms with Crippen LogP contribution in [-0.2, 0) is 0 Å². The summed E-state index contributed by atoms with van der Waals surface area (Å²) in [6, 6.07) is 2.52. The lowest BCUT2D eigenvalue weighted by Crippen LogP contribution is -2.33. The highest BCUT2D eigenvalue weighted by molar-refractivity contribution is 6.43. The Kier molecular flexibility index (Phi) is 4.07. The summed E-state index contributed by atoms with van der Waals surface area (Å²) in [5.74, 6) is -0.286. The van der Waals surface area contributed by atoms with Crippen LogP contribution in [0.5, 0.6) is 0 Å². The van der Waals surface area contributed by atoms with Crippen molar-refractivity contribution in [3.63, 3.8) is 0 Å². The molecule has 1 amide bonds. The maximum Gasteiger partial charge on any atom is 0.290 e. The van der Waals surface area contributed by atoms with Crippen molar-refractivity contribution < 1.29 is 9.72 Å². The fourth-order valence-electron chi connectivity index (χ4n) is 1.84. The first-order valence-electron chi connectivity index (χ1n) is 5.58. The first kappa shape index (κ1) is 13.8. The maximum absolute atomic E-state index is 12.2. The van der Waals surface area contributed by atoms with Gasteiger partial charge < -0.3 is 4.90 Å². The van der Waals surface area contributed by atoms with Crippen LogP contribution in [0.15, 0.2) is 24.3 Å². The van der Waals surface area contributed by atoms with Gasteiger partial charge in [-0.2, -0.15) is 0 Å². The summed E-state index contributed by atoms with van der Waals surface area (Å²) in [6.45, 7) is 1.08. The molecule has 0 aliphatic carbocycles. The van der Waals surface area contributed by atoms with Gasteiger partial charge in [-0.25, -0.2) is 0 Å². The average molecular weight is 301 g/mol. The fraction of sp³-hybridized carbons (Fsp3) is 0.250. The van der Waals surface area contributed by atoms with Gasteiger partial charge in [0.15, 0.2) is 0 Å². The zero-order valence-corrected chi connectivity index (χ0v) is 11.3. The first-order chi connectivity index (χ1) is 9.00. The number of nitro groups is 1. The molecule has 0 atom stereocenters. The van der Waals surface area contributed by atoms with Gasteiger partial charge in [-0.05, 0) is 12.5 Å². The molecule has 0 saturated carbocycles. The standard InChI is InChI=1S/C12H10Cl2N2O3/c13-9-6-8(7-10(11(9)14)16(18)19)12(17)15-4-2-1-3-5-15/h1-2,6-7H,3-5H2. The quantitative estimate of drug-likeness (QED) is 0.478. The summed E-state index contributed by atoms with van der Waals surface area (Å²) in [7, 11) is 0. The van der Waals surface area contributed by atoms with Crippen molar-refractivity contribution >= 4 is 34.8 Å². The number of carbonyl (C=O) groups excluding carboxylic acids is 1. The van der Waals surface area contributed by atoms with E-state index in [1.165, 1.54) is 6.07 Å². The molecule has 5 nitrogen and oxygen atoms in total. The molecule has 0 bridgehead atoms. The molecule has 1 aromatic carbocycles. The molecule has 0 aromatic heterocycles. The van der Waals surface area contributed by atoms with E-state index < -0.39 is 4.92 Å². The number of nitrogens with zero attached hydrogens (tertiary/aromatic N) is 2. The second-order valence-electron chi connectivity index (χ2n) is 4.06. The molecular formula is C12H10Cl2N2O3. The van der Waals surface area contributed by atoms with Crippen molar-refractivity contribution in [3.05, 3.63) is 50.0 Å². The number of hydrogen-bond acceptors (Lipinski definition) is 3. The van der Waals surface area contributed by atoms with Crippen LogP contribution < -0.4 is 0 Å². The van der Waals surface area contributed by atoms with Gasteiger partial charge in [0.05, 0.1) is 9.95 Å². The average Bonchev–Trinajstić information content (AvgIpc) is 2.41. The molecule has 2 rings (SSSR count). The van der Waals surface area contributed by atoms with Crippen molar-refractivity contribution in [1.82, 2.24) is 4.90 Å². The van der Waals surface area contributed by atoms with Crippen molar-refractivity contribution in [3.8, 4) is 0 Å². The zero-order valence-electron chi connectivity index (χ0n) is 9.81. The van der Waals surface area contributed by atoms with E-state index in [4.69, 9.17) is 23.2 Å². The van der Waals surface area contributed by atoms with E-state index in [1.54, 1.807) is 4.90 Å². The van der Waals surface area contributed by atoms with Crippen LogP contribution >= 0.6 is 23.2 Å². The molecule has 0 N–H and O–H groups in total. The molecule has 100 valence electrons.